The standard InChI is InChI=1S/C15H14O2S/c1-2-6-12-11-14(9-10-15(12)16)18(17)13-7-4-3-5-8-13/h2-5,7-11,16H,1,6H2. The van der Waals surface area contributed by atoms with Crippen LogP contribution in [-0.2, 0) is 17.2 Å². The van der Waals surface area contributed by atoms with E-state index in [4.69, 9.17) is 0 Å². The molecule has 0 saturated carbocycles. The SMILES string of the molecule is C=CCc1cc(S(=O)c2ccccc2)ccc1O. The van der Waals surface area contributed by atoms with Gasteiger partial charge in [-0.05, 0) is 42.3 Å². The third-order valence-corrected chi connectivity index (χ3v) is 3.97. The van der Waals surface area contributed by atoms with Gasteiger partial charge in [-0.25, -0.2) is 4.21 Å². The second-order valence-electron chi connectivity index (χ2n) is 3.87. The van der Waals surface area contributed by atoms with Crippen LogP contribution in [0.2, 0.25) is 0 Å². The fraction of sp³-hybridized carbons (Fsp3) is 0.0667. The lowest BCUT2D eigenvalue weighted by atomic mass is 10.1. The first kappa shape index (κ1) is 12.6. The van der Waals surface area contributed by atoms with Crippen LogP contribution in [0.5, 0.6) is 5.75 Å². The fourth-order valence-corrected chi connectivity index (χ4v) is 2.79. The molecule has 2 aromatic rings. The largest absolute Gasteiger partial charge is 0.508 e. The number of hydrogen-bond donors (Lipinski definition) is 1. The van der Waals surface area contributed by atoms with Crippen molar-refractivity contribution in [1.82, 2.24) is 0 Å². The van der Waals surface area contributed by atoms with Crippen molar-refractivity contribution in [3.63, 3.8) is 0 Å². The van der Waals surface area contributed by atoms with Crippen molar-refractivity contribution < 1.29 is 9.32 Å². The summed E-state index contributed by atoms with van der Waals surface area (Å²) in [6, 6.07) is 14.3. The van der Waals surface area contributed by atoms with E-state index in [-0.39, 0.29) is 5.75 Å². The Kier molecular flexibility index (Phi) is 3.95. The Hall–Kier alpha value is -1.87. The van der Waals surface area contributed by atoms with E-state index in [9.17, 15) is 9.32 Å². The molecule has 1 N–H and O–H groups in total. The predicted molar refractivity (Wildman–Crippen MR) is 73.1 cm³/mol. The van der Waals surface area contributed by atoms with Gasteiger partial charge >= 0.3 is 0 Å². The molecule has 92 valence electrons. The van der Waals surface area contributed by atoms with E-state index in [1.165, 1.54) is 0 Å². The van der Waals surface area contributed by atoms with Gasteiger partial charge in [-0.2, -0.15) is 0 Å². The summed E-state index contributed by atoms with van der Waals surface area (Å²) < 4.78 is 12.3. The highest BCUT2D eigenvalue weighted by atomic mass is 32.2. The molecule has 1 unspecified atom stereocenters. The van der Waals surface area contributed by atoms with Crippen molar-refractivity contribution in [3.8, 4) is 5.75 Å². The molecule has 3 heteroatoms. The Labute approximate surface area is 109 Å². The lowest BCUT2D eigenvalue weighted by Gasteiger charge is -2.06. The maximum atomic E-state index is 12.3. The van der Waals surface area contributed by atoms with Crippen LogP contribution < -0.4 is 0 Å². The molecule has 0 heterocycles. The fourth-order valence-electron chi connectivity index (χ4n) is 1.68. The topological polar surface area (TPSA) is 37.3 Å². The third kappa shape index (κ3) is 2.68. The number of allylic oxidation sites excluding steroid dienone is 1. The number of hydrogen-bond acceptors (Lipinski definition) is 2. The van der Waals surface area contributed by atoms with Gasteiger partial charge in [0.15, 0.2) is 0 Å². The van der Waals surface area contributed by atoms with Crippen LogP contribution in [0.3, 0.4) is 0 Å². The number of phenols is 1. The smallest absolute Gasteiger partial charge is 0.119 e. The maximum absolute atomic E-state index is 12.3. The van der Waals surface area contributed by atoms with Crippen molar-refractivity contribution in [1.29, 1.82) is 0 Å². The van der Waals surface area contributed by atoms with Crippen molar-refractivity contribution in [2.75, 3.05) is 0 Å². The molecule has 0 aliphatic carbocycles. The number of aromatic hydroxyl groups is 1. The van der Waals surface area contributed by atoms with Crippen LogP contribution >= 0.6 is 0 Å². The van der Waals surface area contributed by atoms with E-state index in [1.54, 1.807) is 24.3 Å². The summed E-state index contributed by atoms with van der Waals surface area (Å²) in [6.45, 7) is 3.64. The van der Waals surface area contributed by atoms with Crippen LogP contribution in [0.15, 0.2) is 71.0 Å². The molecule has 0 spiro atoms. The average molecular weight is 258 g/mol. The molecule has 0 aromatic heterocycles. The molecule has 2 nitrogen and oxygen atoms in total. The number of benzene rings is 2. The zero-order chi connectivity index (χ0) is 13.0. The molecule has 0 amide bonds. The lowest BCUT2D eigenvalue weighted by molar-refractivity contribution is 0.469. The van der Waals surface area contributed by atoms with Crippen LogP contribution in [0, 0.1) is 0 Å². The molecule has 0 radical (unpaired) electrons. The first-order chi connectivity index (χ1) is 8.72. The van der Waals surface area contributed by atoms with Gasteiger partial charge in [0, 0.05) is 9.79 Å². The Morgan fingerprint density at radius 2 is 1.83 bits per heavy atom. The minimum atomic E-state index is -1.21. The van der Waals surface area contributed by atoms with Gasteiger partial charge in [0.25, 0.3) is 0 Å². The lowest BCUT2D eigenvalue weighted by Crippen LogP contribution is -1.94. The Morgan fingerprint density at radius 1 is 1.11 bits per heavy atom. The van der Waals surface area contributed by atoms with E-state index in [0.29, 0.717) is 11.3 Å². The molecule has 18 heavy (non-hydrogen) atoms. The summed E-state index contributed by atoms with van der Waals surface area (Å²) >= 11 is 0. The van der Waals surface area contributed by atoms with Crippen molar-refractivity contribution in [2.45, 2.75) is 16.2 Å². The van der Waals surface area contributed by atoms with E-state index in [2.05, 4.69) is 6.58 Å². The summed E-state index contributed by atoms with van der Waals surface area (Å²) in [7, 11) is -1.21. The molecule has 0 bridgehead atoms. The molecule has 0 saturated heterocycles. The van der Waals surface area contributed by atoms with Gasteiger partial charge in [-0.1, -0.05) is 24.3 Å². The van der Waals surface area contributed by atoms with E-state index < -0.39 is 10.8 Å². The maximum Gasteiger partial charge on any atom is 0.119 e. The summed E-state index contributed by atoms with van der Waals surface area (Å²) in [6.07, 6.45) is 2.27. The minimum absolute atomic E-state index is 0.212. The van der Waals surface area contributed by atoms with Gasteiger partial charge in [-0.3, -0.25) is 0 Å². The zero-order valence-corrected chi connectivity index (χ0v) is 10.7. The monoisotopic (exact) mass is 258 g/mol. The molecule has 0 aliphatic rings. The van der Waals surface area contributed by atoms with Crippen LogP contribution in [-0.4, -0.2) is 9.32 Å². The summed E-state index contributed by atoms with van der Waals surface area (Å²) in [5.74, 6) is 0.212. The normalized spacial score (nSPS) is 12.0. The van der Waals surface area contributed by atoms with E-state index >= 15 is 0 Å². The Balaban J connectivity index is 2.37. The van der Waals surface area contributed by atoms with Crippen LogP contribution in [0.1, 0.15) is 5.56 Å². The summed E-state index contributed by atoms with van der Waals surface area (Å²) in [5.41, 5.74) is 0.742. The van der Waals surface area contributed by atoms with Crippen molar-refractivity contribution in [2.24, 2.45) is 0 Å². The summed E-state index contributed by atoms with van der Waals surface area (Å²) in [5, 5.41) is 9.67. The van der Waals surface area contributed by atoms with Gasteiger partial charge in [0.2, 0.25) is 0 Å². The Bertz CT molecular complexity index is 576. The molecule has 0 aliphatic heterocycles. The zero-order valence-electron chi connectivity index (χ0n) is 9.87. The molecular formula is C15H14O2S. The quantitative estimate of drug-likeness (QED) is 0.854. The second-order valence-corrected chi connectivity index (χ2v) is 5.35. The first-order valence-electron chi connectivity index (χ1n) is 5.62. The van der Waals surface area contributed by atoms with E-state index in [1.807, 2.05) is 30.3 Å². The molecule has 2 rings (SSSR count). The number of phenolic OH excluding ortho intramolecular Hbond substituents is 1. The summed E-state index contributed by atoms with van der Waals surface area (Å²) in [4.78, 5) is 1.45. The van der Waals surface area contributed by atoms with Crippen LogP contribution in [0.4, 0.5) is 0 Å². The molecule has 1 atom stereocenters. The first-order valence-corrected chi connectivity index (χ1v) is 6.77. The number of rotatable bonds is 4. The van der Waals surface area contributed by atoms with Crippen molar-refractivity contribution >= 4 is 10.8 Å². The van der Waals surface area contributed by atoms with Crippen molar-refractivity contribution in [3.05, 3.63) is 66.7 Å². The van der Waals surface area contributed by atoms with Gasteiger partial charge in [0.1, 0.15) is 5.75 Å². The second kappa shape index (κ2) is 5.65. The third-order valence-electron chi connectivity index (χ3n) is 2.59. The minimum Gasteiger partial charge on any atom is -0.508 e. The Morgan fingerprint density at radius 3 is 2.50 bits per heavy atom. The molecule has 2 aromatic carbocycles. The van der Waals surface area contributed by atoms with Gasteiger partial charge in [-0.15, -0.1) is 6.58 Å². The highest BCUT2D eigenvalue weighted by Crippen LogP contribution is 2.24. The highest BCUT2D eigenvalue weighted by molar-refractivity contribution is 7.85. The van der Waals surface area contributed by atoms with Crippen LogP contribution in [0.25, 0.3) is 0 Å². The molecular weight excluding hydrogens is 244 g/mol. The predicted octanol–water partition coefficient (Wildman–Crippen LogP) is 3.29. The molecule has 0 fully saturated rings. The highest BCUT2D eigenvalue weighted by Gasteiger charge is 2.09. The van der Waals surface area contributed by atoms with E-state index in [0.717, 1.165) is 10.5 Å². The average Bonchev–Trinajstić information content (AvgIpc) is 2.42. The van der Waals surface area contributed by atoms with Gasteiger partial charge in [0.05, 0.1) is 10.8 Å². The van der Waals surface area contributed by atoms with Gasteiger partial charge < -0.3 is 5.11 Å².